The van der Waals surface area contributed by atoms with Crippen LogP contribution in [0, 0.1) is 5.92 Å². The molecule has 2 unspecified atom stereocenters. The molecule has 0 aromatic heterocycles. The molecule has 1 aromatic carbocycles. The molecule has 23 heavy (non-hydrogen) atoms. The van der Waals surface area contributed by atoms with Gasteiger partial charge in [-0.05, 0) is 37.7 Å². The lowest BCUT2D eigenvalue weighted by Crippen LogP contribution is -2.46. The standard InChI is InChI=1S/C19H30N2O2/c1-16-7-6-11-20(13-16)19(23)15-21(17(2)10-12-22)14-18-8-4-3-5-9-18/h3-5,8-9,16-17,22H,6-7,10-15H2,1-2H3. The van der Waals surface area contributed by atoms with E-state index >= 15 is 0 Å². The first-order valence-corrected chi connectivity index (χ1v) is 8.76. The van der Waals surface area contributed by atoms with E-state index in [1.54, 1.807) is 0 Å². The van der Waals surface area contributed by atoms with Crippen molar-refractivity contribution in [3.63, 3.8) is 0 Å². The van der Waals surface area contributed by atoms with Crippen molar-refractivity contribution >= 4 is 5.91 Å². The van der Waals surface area contributed by atoms with Crippen LogP contribution in [0.2, 0.25) is 0 Å². The Morgan fingerprint density at radius 2 is 2.13 bits per heavy atom. The molecule has 0 bridgehead atoms. The Kier molecular flexibility index (Phi) is 7.06. The maximum atomic E-state index is 12.7. The van der Waals surface area contributed by atoms with E-state index < -0.39 is 0 Å². The lowest BCUT2D eigenvalue weighted by molar-refractivity contribution is -0.134. The van der Waals surface area contributed by atoms with Crippen LogP contribution in [0.15, 0.2) is 30.3 Å². The fraction of sp³-hybridized carbons (Fsp3) is 0.632. The number of hydrogen-bond acceptors (Lipinski definition) is 3. The first kappa shape index (κ1) is 18.0. The van der Waals surface area contributed by atoms with E-state index in [9.17, 15) is 9.90 Å². The molecule has 0 saturated carbocycles. The van der Waals surface area contributed by atoms with Crippen LogP contribution < -0.4 is 0 Å². The average Bonchev–Trinajstić information content (AvgIpc) is 2.55. The van der Waals surface area contributed by atoms with Crippen molar-refractivity contribution < 1.29 is 9.90 Å². The van der Waals surface area contributed by atoms with Gasteiger partial charge in [-0.2, -0.15) is 0 Å². The molecule has 128 valence electrons. The Bertz CT molecular complexity index is 478. The molecule has 2 rings (SSSR count). The Hall–Kier alpha value is -1.39. The van der Waals surface area contributed by atoms with Crippen LogP contribution in [0.25, 0.3) is 0 Å². The number of nitrogens with zero attached hydrogens (tertiary/aromatic N) is 2. The van der Waals surface area contributed by atoms with Crippen molar-refractivity contribution in [3.8, 4) is 0 Å². The van der Waals surface area contributed by atoms with E-state index in [0.717, 1.165) is 26.1 Å². The number of aliphatic hydroxyl groups excluding tert-OH is 1. The van der Waals surface area contributed by atoms with Gasteiger partial charge in [0.1, 0.15) is 0 Å². The van der Waals surface area contributed by atoms with Gasteiger partial charge in [-0.1, -0.05) is 37.3 Å². The molecule has 1 amide bonds. The van der Waals surface area contributed by atoms with Gasteiger partial charge in [-0.25, -0.2) is 0 Å². The Morgan fingerprint density at radius 3 is 2.78 bits per heavy atom. The van der Waals surface area contributed by atoms with Gasteiger partial charge in [0.25, 0.3) is 0 Å². The van der Waals surface area contributed by atoms with E-state index in [4.69, 9.17) is 0 Å². The van der Waals surface area contributed by atoms with Crippen molar-refractivity contribution in [2.75, 3.05) is 26.2 Å². The minimum absolute atomic E-state index is 0.154. The Labute approximate surface area is 140 Å². The topological polar surface area (TPSA) is 43.8 Å². The summed E-state index contributed by atoms with van der Waals surface area (Å²) >= 11 is 0. The molecule has 1 aliphatic rings. The third kappa shape index (κ3) is 5.63. The molecule has 4 nitrogen and oxygen atoms in total. The van der Waals surface area contributed by atoms with Gasteiger partial charge >= 0.3 is 0 Å². The summed E-state index contributed by atoms with van der Waals surface area (Å²) in [6.07, 6.45) is 3.02. The number of likely N-dealkylation sites (tertiary alicyclic amines) is 1. The summed E-state index contributed by atoms with van der Waals surface area (Å²) in [4.78, 5) is 16.9. The monoisotopic (exact) mass is 318 g/mol. The van der Waals surface area contributed by atoms with Crippen LogP contribution in [0.1, 0.15) is 38.7 Å². The molecule has 2 atom stereocenters. The number of carbonyl (C=O) groups excluding carboxylic acids is 1. The molecule has 1 saturated heterocycles. The highest BCUT2D eigenvalue weighted by molar-refractivity contribution is 5.78. The Morgan fingerprint density at radius 1 is 1.39 bits per heavy atom. The zero-order chi connectivity index (χ0) is 16.7. The maximum Gasteiger partial charge on any atom is 0.236 e. The van der Waals surface area contributed by atoms with Crippen LogP contribution in [-0.2, 0) is 11.3 Å². The first-order chi connectivity index (χ1) is 11.1. The molecular formula is C19H30N2O2. The second kappa shape index (κ2) is 9.04. The number of rotatable bonds is 7. The number of amides is 1. The zero-order valence-electron chi connectivity index (χ0n) is 14.4. The summed E-state index contributed by atoms with van der Waals surface area (Å²) in [5.41, 5.74) is 1.21. The highest BCUT2D eigenvalue weighted by Gasteiger charge is 2.24. The number of benzene rings is 1. The summed E-state index contributed by atoms with van der Waals surface area (Å²) in [6.45, 7) is 7.41. The van der Waals surface area contributed by atoms with Gasteiger partial charge in [0, 0.05) is 32.3 Å². The molecular weight excluding hydrogens is 288 g/mol. The third-order valence-corrected chi connectivity index (χ3v) is 4.75. The predicted octanol–water partition coefficient (Wildman–Crippen LogP) is 2.52. The van der Waals surface area contributed by atoms with Crippen molar-refractivity contribution in [1.82, 2.24) is 9.80 Å². The molecule has 1 aliphatic heterocycles. The fourth-order valence-electron chi connectivity index (χ4n) is 3.24. The van der Waals surface area contributed by atoms with Gasteiger partial charge in [-0.3, -0.25) is 9.69 Å². The molecule has 1 fully saturated rings. The van der Waals surface area contributed by atoms with Gasteiger partial charge < -0.3 is 10.0 Å². The molecule has 1 N–H and O–H groups in total. The summed E-state index contributed by atoms with van der Waals surface area (Å²) in [7, 11) is 0. The number of piperidine rings is 1. The molecule has 0 spiro atoms. The van der Waals surface area contributed by atoms with Crippen molar-refractivity contribution in [3.05, 3.63) is 35.9 Å². The SMILES string of the molecule is CC1CCCN(C(=O)CN(Cc2ccccc2)C(C)CCO)C1. The summed E-state index contributed by atoms with van der Waals surface area (Å²) in [5, 5.41) is 9.25. The Balaban J connectivity index is 2.00. The van der Waals surface area contributed by atoms with Gasteiger partial charge in [-0.15, -0.1) is 0 Å². The molecule has 1 aromatic rings. The third-order valence-electron chi connectivity index (χ3n) is 4.75. The first-order valence-electron chi connectivity index (χ1n) is 8.76. The summed E-state index contributed by atoms with van der Waals surface area (Å²) < 4.78 is 0. The lowest BCUT2D eigenvalue weighted by Gasteiger charge is -2.34. The fourth-order valence-corrected chi connectivity index (χ4v) is 3.24. The zero-order valence-corrected chi connectivity index (χ0v) is 14.4. The van der Waals surface area contributed by atoms with Crippen molar-refractivity contribution in [1.29, 1.82) is 0 Å². The maximum absolute atomic E-state index is 12.7. The van der Waals surface area contributed by atoms with E-state index in [1.807, 2.05) is 23.1 Å². The van der Waals surface area contributed by atoms with Crippen LogP contribution >= 0.6 is 0 Å². The van der Waals surface area contributed by atoms with Crippen LogP contribution in [-0.4, -0.2) is 53.1 Å². The average molecular weight is 318 g/mol. The van der Waals surface area contributed by atoms with Crippen LogP contribution in [0.5, 0.6) is 0 Å². The number of aliphatic hydroxyl groups is 1. The minimum Gasteiger partial charge on any atom is -0.396 e. The quantitative estimate of drug-likeness (QED) is 0.840. The summed E-state index contributed by atoms with van der Waals surface area (Å²) in [5.74, 6) is 0.822. The highest BCUT2D eigenvalue weighted by Crippen LogP contribution is 2.17. The summed E-state index contributed by atoms with van der Waals surface area (Å²) in [6, 6.07) is 10.4. The smallest absolute Gasteiger partial charge is 0.236 e. The molecule has 0 radical (unpaired) electrons. The van der Waals surface area contributed by atoms with E-state index in [-0.39, 0.29) is 18.6 Å². The van der Waals surface area contributed by atoms with Gasteiger partial charge in [0.2, 0.25) is 5.91 Å². The number of carbonyl (C=O) groups is 1. The van der Waals surface area contributed by atoms with Crippen molar-refractivity contribution in [2.24, 2.45) is 5.92 Å². The van der Waals surface area contributed by atoms with Crippen molar-refractivity contribution in [2.45, 2.75) is 45.7 Å². The molecule has 0 aliphatic carbocycles. The second-order valence-corrected chi connectivity index (χ2v) is 6.84. The number of hydrogen-bond donors (Lipinski definition) is 1. The van der Waals surface area contributed by atoms with Gasteiger partial charge in [0.15, 0.2) is 0 Å². The van der Waals surface area contributed by atoms with Crippen LogP contribution in [0.3, 0.4) is 0 Å². The van der Waals surface area contributed by atoms with E-state index in [1.165, 1.54) is 12.0 Å². The highest BCUT2D eigenvalue weighted by atomic mass is 16.3. The minimum atomic E-state index is 0.154. The predicted molar refractivity (Wildman–Crippen MR) is 93.0 cm³/mol. The normalized spacial score (nSPS) is 19.8. The van der Waals surface area contributed by atoms with E-state index in [2.05, 4.69) is 30.9 Å². The van der Waals surface area contributed by atoms with Crippen LogP contribution in [0.4, 0.5) is 0 Å². The lowest BCUT2D eigenvalue weighted by atomic mass is 10.0. The van der Waals surface area contributed by atoms with E-state index in [0.29, 0.717) is 18.9 Å². The van der Waals surface area contributed by atoms with Gasteiger partial charge in [0.05, 0.1) is 6.54 Å². The molecule has 1 heterocycles. The largest absolute Gasteiger partial charge is 0.396 e. The second-order valence-electron chi connectivity index (χ2n) is 6.84. The molecule has 4 heteroatoms.